The van der Waals surface area contributed by atoms with E-state index in [0.717, 1.165) is 37.4 Å². The maximum atomic E-state index is 13.9. The first-order valence-electron chi connectivity index (χ1n) is 12.2. The molecular formula is C27H30N6O2. The van der Waals surface area contributed by atoms with Crippen LogP contribution in [0.1, 0.15) is 18.4 Å². The molecule has 0 radical (unpaired) electrons. The summed E-state index contributed by atoms with van der Waals surface area (Å²) < 4.78 is 0. The van der Waals surface area contributed by atoms with Gasteiger partial charge in [0.15, 0.2) is 5.82 Å². The van der Waals surface area contributed by atoms with Gasteiger partial charge >= 0.3 is 0 Å². The lowest BCUT2D eigenvalue weighted by molar-refractivity contribution is -0.154. The van der Waals surface area contributed by atoms with Crippen LogP contribution in [-0.2, 0) is 10.2 Å². The van der Waals surface area contributed by atoms with E-state index in [9.17, 15) is 9.90 Å². The van der Waals surface area contributed by atoms with Crippen LogP contribution in [0.2, 0.25) is 0 Å². The number of hydrogen-bond acceptors (Lipinski definition) is 7. The number of piperidine rings is 1. The Morgan fingerprint density at radius 3 is 2.31 bits per heavy atom. The summed E-state index contributed by atoms with van der Waals surface area (Å²) in [5, 5.41) is 22.0. The summed E-state index contributed by atoms with van der Waals surface area (Å²) in [5.41, 5.74) is 9.07. The molecule has 8 heteroatoms. The average Bonchev–Trinajstić information content (AvgIpc) is 2.84. The summed E-state index contributed by atoms with van der Waals surface area (Å²) in [4.78, 5) is 18.2. The second kappa shape index (κ2) is 8.23. The normalized spacial score (nSPS) is 20.2. The topological polar surface area (TPSA) is 108 Å². The number of rotatable bonds is 4. The SMILES string of the molecule is Nc1nnc(-c2ccccc2O)cc1N1CCC(C(=O)N2CC3(CNC3)C2)(c2ccccc2)CC1. The molecule has 1 spiro atoms. The number of nitrogens with one attached hydrogen (secondary N) is 1. The van der Waals surface area contributed by atoms with Crippen molar-refractivity contribution >= 4 is 17.4 Å². The number of benzene rings is 2. The molecule has 4 N–H and O–H groups in total. The smallest absolute Gasteiger partial charge is 0.233 e. The molecular weight excluding hydrogens is 440 g/mol. The van der Waals surface area contributed by atoms with Crippen LogP contribution in [0, 0.1) is 5.41 Å². The van der Waals surface area contributed by atoms with Crippen molar-refractivity contribution in [2.45, 2.75) is 18.3 Å². The largest absolute Gasteiger partial charge is 0.507 e. The van der Waals surface area contributed by atoms with Crippen molar-refractivity contribution < 1.29 is 9.90 Å². The van der Waals surface area contributed by atoms with Gasteiger partial charge in [-0.15, -0.1) is 10.2 Å². The number of carbonyl (C=O) groups is 1. The summed E-state index contributed by atoms with van der Waals surface area (Å²) >= 11 is 0. The third-order valence-corrected chi connectivity index (χ3v) is 8.01. The van der Waals surface area contributed by atoms with E-state index < -0.39 is 5.41 Å². The second-order valence-corrected chi connectivity index (χ2v) is 10.2. The maximum Gasteiger partial charge on any atom is 0.233 e. The number of phenolic OH excluding ortho intramolecular Hbond substituents is 1. The van der Waals surface area contributed by atoms with Crippen LogP contribution in [0.15, 0.2) is 60.7 Å². The number of anilines is 2. The van der Waals surface area contributed by atoms with Crippen molar-refractivity contribution in [2.24, 2.45) is 5.41 Å². The molecule has 0 aliphatic carbocycles. The molecule has 3 fully saturated rings. The lowest BCUT2D eigenvalue weighted by Gasteiger charge is -2.58. The first-order valence-corrected chi connectivity index (χ1v) is 12.2. The van der Waals surface area contributed by atoms with Crippen LogP contribution in [-0.4, -0.2) is 65.4 Å². The third-order valence-electron chi connectivity index (χ3n) is 8.01. The Morgan fingerprint density at radius 1 is 0.971 bits per heavy atom. The molecule has 35 heavy (non-hydrogen) atoms. The standard InChI is InChI=1S/C27H30N6O2/c28-24-22(14-21(30-31-24)20-8-4-5-9-23(20)34)32-12-10-27(11-13-32,19-6-2-1-3-7-19)25(35)33-17-26(18-33)15-29-16-26/h1-9,14,29,34H,10-13,15-18H2,(H2,28,31). The fraction of sp³-hybridized carbons (Fsp3) is 0.370. The third kappa shape index (κ3) is 3.60. The summed E-state index contributed by atoms with van der Waals surface area (Å²) in [6.45, 7) is 5.08. The molecule has 180 valence electrons. The molecule has 0 atom stereocenters. The number of amides is 1. The Balaban J connectivity index is 1.26. The molecule has 6 rings (SSSR count). The summed E-state index contributed by atoms with van der Waals surface area (Å²) in [6, 6.07) is 19.2. The summed E-state index contributed by atoms with van der Waals surface area (Å²) in [7, 11) is 0. The first-order chi connectivity index (χ1) is 17.0. The van der Waals surface area contributed by atoms with Crippen LogP contribution >= 0.6 is 0 Å². The molecule has 0 saturated carbocycles. The molecule has 2 aromatic carbocycles. The number of nitrogens with two attached hydrogens (primary N) is 1. The maximum absolute atomic E-state index is 13.9. The summed E-state index contributed by atoms with van der Waals surface area (Å²) in [5.74, 6) is 0.750. The highest BCUT2D eigenvalue weighted by atomic mass is 16.3. The number of phenols is 1. The number of hydrogen-bond donors (Lipinski definition) is 3. The van der Waals surface area contributed by atoms with E-state index in [1.54, 1.807) is 12.1 Å². The lowest BCUT2D eigenvalue weighted by atomic mass is 9.68. The van der Waals surface area contributed by atoms with Gasteiger partial charge in [0.2, 0.25) is 5.91 Å². The van der Waals surface area contributed by atoms with Gasteiger partial charge < -0.3 is 26.0 Å². The number of aromatic nitrogens is 2. The molecule has 3 saturated heterocycles. The number of likely N-dealkylation sites (tertiary alicyclic amines) is 1. The fourth-order valence-electron chi connectivity index (χ4n) is 5.89. The highest BCUT2D eigenvalue weighted by Crippen LogP contribution is 2.43. The molecule has 0 bridgehead atoms. The van der Waals surface area contributed by atoms with E-state index in [1.807, 2.05) is 36.4 Å². The zero-order chi connectivity index (χ0) is 24.0. The van der Waals surface area contributed by atoms with Gasteiger partial charge in [0.25, 0.3) is 0 Å². The molecule has 1 amide bonds. The minimum absolute atomic E-state index is 0.152. The monoisotopic (exact) mass is 470 g/mol. The van der Waals surface area contributed by atoms with Gasteiger partial charge in [0.1, 0.15) is 5.75 Å². The Labute approximate surface area is 204 Å². The molecule has 3 aliphatic rings. The molecule has 0 unspecified atom stereocenters. The Morgan fingerprint density at radius 2 is 1.66 bits per heavy atom. The van der Waals surface area contributed by atoms with Gasteiger partial charge in [-0.3, -0.25) is 4.79 Å². The Kier molecular flexibility index (Phi) is 5.14. The molecule has 1 aromatic heterocycles. The summed E-state index contributed by atoms with van der Waals surface area (Å²) in [6.07, 6.45) is 1.40. The Hall–Kier alpha value is -3.65. The predicted octanol–water partition coefficient (Wildman–Crippen LogP) is 2.40. The van der Waals surface area contributed by atoms with E-state index in [1.165, 1.54) is 0 Å². The van der Waals surface area contributed by atoms with Gasteiger partial charge in [0, 0.05) is 50.2 Å². The Bertz CT molecular complexity index is 1240. The molecule has 4 heterocycles. The van der Waals surface area contributed by atoms with Crippen molar-refractivity contribution in [3.05, 3.63) is 66.2 Å². The minimum atomic E-state index is -0.535. The minimum Gasteiger partial charge on any atom is -0.507 e. The fourth-order valence-corrected chi connectivity index (χ4v) is 5.89. The van der Waals surface area contributed by atoms with Crippen LogP contribution in [0.5, 0.6) is 5.75 Å². The quantitative estimate of drug-likeness (QED) is 0.537. The number of nitrogens with zero attached hydrogens (tertiary/aromatic N) is 4. The zero-order valence-corrected chi connectivity index (χ0v) is 19.7. The first kappa shape index (κ1) is 21.9. The number of para-hydroxylation sites is 1. The van der Waals surface area contributed by atoms with Crippen molar-refractivity contribution in [1.29, 1.82) is 0 Å². The molecule has 8 nitrogen and oxygen atoms in total. The number of aromatic hydroxyl groups is 1. The predicted molar refractivity (Wildman–Crippen MR) is 135 cm³/mol. The van der Waals surface area contributed by atoms with Gasteiger partial charge in [-0.05, 0) is 36.6 Å². The van der Waals surface area contributed by atoms with Gasteiger partial charge in [-0.2, -0.15) is 0 Å². The van der Waals surface area contributed by atoms with E-state index in [-0.39, 0.29) is 11.7 Å². The van der Waals surface area contributed by atoms with E-state index in [4.69, 9.17) is 5.73 Å². The van der Waals surface area contributed by atoms with Crippen molar-refractivity contribution in [3.63, 3.8) is 0 Å². The van der Waals surface area contributed by atoms with Gasteiger partial charge in [-0.1, -0.05) is 42.5 Å². The van der Waals surface area contributed by atoms with E-state index in [0.29, 0.717) is 48.4 Å². The molecule has 3 aliphatic heterocycles. The van der Waals surface area contributed by atoms with Crippen molar-refractivity contribution in [1.82, 2.24) is 20.4 Å². The highest BCUT2D eigenvalue weighted by Gasteiger charge is 2.54. The lowest BCUT2D eigenvalue weighted by Crippen LogP contribution is -2.73. The van der Waals surface area contributed by atoms with Crippen LogP contribution in [0.4, 0.5) is 11.5 Å². The number of carbonyl (C=O) groups excluding carboxylic acids is 1. The highest BCUT2D eigenvalue weighted by molar-refractivity contribution is 5.90. The van der Waals surface area contributed by atoms with Gasteiger partial charge in [0.05, 0.1) is 16.8 Å². The van der Waals surface area contributed by atoms with Crippen LogP contribution < -0.4 is 16.0 Å². The van der Waals surface area contributed by atoms with E-state index >= 15 is 0 Å². The van der Waals surface area contributed by atoms with E-state index in [2.05, 4.69) is 37.4 Å². The van der Waals surface area contributed by atoms with Gasteiger partial charge in [-0.25, -0.2) is 0 Å². The molecule has 3 aromatic rings. The zero-order valence-electron chi connectivity index (χ0n) is 19.7. The van der Waals surface area contributed by atoms with Crippen LogP contribution in [0.3, 0.4) is 0 Å². The van der Waals surface area contributed by atoms with Crippen molar-refractivity contribution in [2.75, 3.05) is 49.9 Å². The number of nitrogen functional groups attached to an aromatic ring is 1. The van der Waals surface area contributed by atoms with Crippen molar-refractivity contribution in [3.8, 4) is 17.0 Å². The second-order valence-electron chi connectivity index (χ2n) is 10.2. The van der Waals surface area contributed by atoms with Crippen LogP contribution in [0.25, 0.3) is 11.3 Å². The average molecular weight is 471 g/mol.